The highest BCUT2D eigenvalue weighted by atomic mass is 19.3. The molecular formula is C14H11F2NO3. The summed E-state index contributed by atoms with van der Waals surface area (Å²) in [6.45, 7) is -0.279. The van der Waals surface area contributed by atoms with Gasteiger partial charge in [-0.1, -0.05) is 18.2 Å². The molecule has 0 unspecified atom stereocenters. The van der Waals surface area contributed by atoms with Gasteiger partial charge in [-0.05, 0) is 12.1 Å². The number of hydrogen-bond acceptors (Lipinski definition) is 3. The second-order valence-electron chi connectivity index (χ2n) is 3.94. The first-order valence-electron chi connectivity index (χ1n) is 5.76. The number of pyridine rings is 1. The van der Waals surface area contributed by atoms with Crippen LogP contribution in [0.3, 0.4) is 0 Å². The van der Waals surface area contributed by atoms with Crippen LogP contribution in [0.5, 0.6) is 5.88 Å². The van der Waals surface area contributed by atoms with E-state index in [0.717, 1.165) is 0 Å². The van der Waals surface area contributed by atoms with Crippen LogP contribution in [0.1, 0.15) is 27.9 Å². The molecule has 1 N–H and O–H groups in total. The topological polar surface area (TPSA) is 59.4 Å². The highest BCUT2D eigenvalue weighted by molar-refractivity contribution is 5.89. The van der Waals surface area contributed by atoms with E-state index < -0.39 is 12.4 Å². The summed E-state index contributed by atoms with van der Waals surface area (Å²) >= 11 is 0. The molecule has 1 heterocycles. The summed E-state index contributed by atoms with van der Waals surface area (Å²) in [5.41, 5.74) is -0.583. The van der Waals surface area contributed by atoms with E-state index in [4.69, 9.17) is 9.84 Å². The number of ether oxygens (including phenoxy) is 1. The average molecular weight is 279 g/mol. The predicted molar refractivity (Wildman–Crippen MR) is 66.9 cm³/mol. The van der Waals surface area contributed by atoms with Crippen LogP contribution in [0.15, 0.2) is 42.6 Å². The maximum absolute atomic E-state index is 12.9. The van der Waals surface area contributed by atoms with Gasteiger partial charge in [-0.2, -0.15) is 0 Å². The SMILES string of the molecule is O=C(O)c1cccc(C(F)F)c1COc1ccccn1. The van der Waals surface area contributed by atoms with Gasteiger partial charge in [0.15, 0.2) is 0 Å². The zero-order valence-corrected chi connectivity index (χ0v) is 10.3. The van der Waals surface area contributed by atoms with Gasteiger partial charge in [0.2, 0.25) is 5.88 Å². The largest absolute Gasteiger partial charge is 0.478 e. The monoisotopic (exact) mass is 279 g/mol. The third-order valence-electron chi connectivity index (χ3n) is 2.68. The second kappa shape index (κ2) is 6.10. The summed E-state index contributed by atoms with van der Waals surface area (Å²) in [5, 5.41) is 9.05. The summed E-state index contributed by atoms with van der Waals surface area (Å²) in [7, 11) is 0. The Morgan fingerprint density at radius 3 is 2.65 bits per heavy atom. The van der Waals surface area contributed by atoms with Crippen molar-refractivity contribution in [2.75, 3.05) is 0 Å². The van der Waals surface area contributed by atoms with Crippen LogP contribution < -0.4 is 4.74 Å². The number of halogens is 2. The minimum atomic E-state index is -2.77. The van der Waals surface area contributed by atoms with Crippen molar-refractivity contribution in [1.82, 2.24) is 4.98 Å². The van der Waals surface area contributed by atoms with Crippen molar-refractivity contribution in [3.8, 4) is 5.88 Å². The lowest BCUT2D eigenvalue weighted by Gasteiger charge is -2.12. The lowest BCUT2D eigenvalue weighted by atomic mass is 10.0. The molecule has 0 atom stereocenters. The van der Waals surface area contributed by atoms with Gasteiger partial charge in [-0.15, -0.1) is 0 Å². The number of carbonyl (C=O) groups is 1. The Morgan fingerprint density at radius 2 is 2.05 bits per heavy atom. The van der Waals surface area contributed by atoms with Crippen molar-refractivity contribution < 1.29 is 23.4 Å². The Morgan fingerprint density at radius 1 is 1.25 bits per heavy atom. The van der Waals surface area contributed by atoms with E-state index in [1.807, 2.05) is 0 Å². The van der Waals surface area contributed by atoms with Crippen molar-refractivity contribution in [1.29, 1.82) is 0 Å². The van der Waals surface area contributed by atoms with Gasteiger partial charge in [0.25, 0.3) is 6.43 Å². The van der Waals surface area contributed by atoms with E-state index in [-0.39, 0.29) is 29.2 Å². The first-order valence-corrected chi connectivity index (χ1v) is 5.76. The zero-order chi connectivity index (χ0) is 14.5. The van der Waals surface area contributed by atoms with Gasteiger partial charge in [0, 0.05) is 23.4 Å². The molecule has 0 bridgehead atoms. The zero-order valence-electron chi connectivity index (χ0n) is 10.3. The molecule has 0 saturated carbocycles. The Labute approximate surface area is 113 Å². The van der Waals surface area contributed by atoms with Crippen LogP contribution in [0, 0.1) is 0 Å². The van der Waals surface area contributed by atoms with E-state index >= 15 is 0 Å². The molecule has 20 heavy (non-hydrogen) atoms. The molecule has 1 aromatic carbocycles. The van der Waals surface area contributed by atoms with E-state index in [0.29, 0.717) is 0 Å². The molecule has 0 saturated heterocycles. The minimum Gasteiger partial charge on any atom is -0.478 e. The maximum Gasteiger partial charge on any atom is 0.336 e. The number of carboxylic acid groups (broad SMARTS) is 1. The van der Waals surface area contributed by atoms with Crippen LogP contribution in [0.25, 0.3) is 0 Å². The number of benzene rings is 1. The molecule has 0 aliphatic heterocycles. The fourth-order valence-electron chi connectivity index (χ4n) is 1.75. The van der Waals surface area contributed by atoms with Gasteiger partial charge >= 0.3 is 5.97 Å². The Kier molecular flexibility index (Phi) is 4.24. The number of nitrogens with zero attached hydrogens (tertiary/aromatic N) is 1. The van der Waals surface area contributed by atoms with Crippen LogP contribution in [0.2, 0.25) is 0 Å². The molecule has 6 heteroatoms. The normalized spacial score (nSPS) is 10.6. The van der Waals surface area contributed by atoms with Crippen molar-refractivity contribution >= 4 is 5.97 Å². The van der Waals surface area contributed by atoms with E-state index in [9.17, 15) is 13.6 Å². The lowest BCUT2D eigenvalue weighted by molar-refractivity contribution is 0.0693. The lowest BCUT2D eigenvalue weighted by Crippen LogP contribution is -2.09. The molecule has 0 amide bonds. The summed E-state index contributed by atoms with van der Waals surface area (Å²) in [5.74, 6) is -1.03. The third kappa shape index (κ3) is 3.09. The highest BCUT2D eigenvalue weighted by Crippen LogP contribution is 2.26. The van der Waals surface area contributed by atoms with Crippen molar-refractivity contribution in [2.24, 2.45) is 0 Å². The van der Waals surface area contributed by atoms with E-state index in [1.165, 1.54) is 24.4 Å². The Hall–Kier alpha value is -2.50. The fourth-order valence-corrected chi connectivity index (χ4v) is 1.75. The predicted octanol–water partition coefficient (Wildman–Crippen LogP) is 3.30. The maximum atomic E-state index is 12.9. The number of alkyl halides is 2. The number of aromatic carboxylic acids is 1. The van der Waals surface area contributed by atoms with E-state index in [1.54, 1.807) is 18.2 Å². The molecular weight excluding hydrogens is 268 g/mol. The molecule has 4 nitrogen and oxygen atoms in total. The van der Waals surface area contributed by atoms with Gasteiger partial charge in [0.05, 0.1) is 5.56 Å². The molecule has 0 spiro atoms. The fraction of sp³-hybridized carbons (Fsp3) is 0.143. The smallest absolute Gasteiger partial charge is 0.336 e. The summed E-state index contributed by atoms with van der Waals surface area (Å²) in [6.07, 6.45) is -1.27. The van der Waals surface area contributed by atoms with Crippen LogP contribution >= 0.6 is 0 Å². The number of aromatic nitrogens is 1. The van der Waals surface area contributed by atoms with Crippen molar-refractivity contribution in [3.05, 3.63) is 59.3 Å². The van der Waals surface area contributed by atoms with E-state index in [2.05, 4.69) is 4.98 Å². The molecule has 104 valence electrons. The first-order chi connectivity index (χ1) is 9.59. The second-order valence-corrected chi connectivity index (χ2v) is 3.94. The molecule has 1 aromatic heterocycles. The van der Waals surface area contributed by atoms with Crippen LogP contribution in [0.4, 0.5) is 8.78 Å². The number of hydrogen-bond donors (Lipinski definition) is 1. The highest BCUT2D eigenvalue weighted by Gasteiger charge is 2.20. The third-order valence-corrected chi connectivity index (χ3v) is 2.68. The Bertz CT molecular complexity index is 603. The van der Waals surface area contributed by atoms with Crippen molar-refractivity contribution in [2.45, 2.75) is 13.0 Å². The first kappa shape index (κ1) is 13.9. The van der Waals surface area contributed by atoms with Gasteiger partial charge in [-0.3, -0.25) is 0 Å². The summed E-state index contributed by atoms with van der Waals surface area (Å²) in [4.78, 5) is 15.0. The number of rotatable bonds is 5. The van der Waals surface area contributed by atoms with Crippen LogP contribution in [-0.4, -0.2) is 16.1 Å². The molecule has 0 aliphatic carbocycles. The molecule has 0 fully saturated rings. The van der Waals surface area contributed by atoms with Gasteiger partial charge in [-0.25, -0.2) is 18.6 Å². The quantitative estimate of drug-likeness (QED) is 0.912. The summed E-state index contributed by atoms with van der Waals surface area (Å²) in [6, 6.07) is 8.67. The standard InChI is InChI=1S/C14H11F2NO3/c15-13(16)9-4-3-5-10(14(18)19)11(9)8-20-12-6-1-2-7-17-12/h1-7,13H,8H2,(H,18,19). The molecule has 0 radical (unpaired) electrons. The van der Waals surface area contributed by atoms with Gasteiger partial charge < -0.3 is 9.84 Å². The number of carboxylic acids is 1. The minimum absolute atomic E-state index is 0.0411. The average Bonchev–Trinajstić information content (AvgIpc) is 2.45. The van der Waals surface area contributed by atoms with Crippen LogP contribution in [-0.2, 0) is 6.61 Å². The summed E-state index contributed by atoms with van der Waals surface area (Å²) < 4.78 is 31.1. The van der Waals surface area contributed by atoms with Gasteiger partial charge in [0.1, 0.15) is 6.61 Å². The molecule has 2 rings (SSSR count). The van der Waals surface area contributed by atoms with Crippen molar-refractivity contribution in [3.63, 3.8) is 0 Å². The Balaban J connectivity index is 2.31. The molecule has 2 aromatic rings. The molecule has 0 aliphatic rings.